The number of hydrogen-bond acceptors (Lipinski definition) is 3. The Balaban J connectivity index is 2.27. The first-order chi connectivity index (χ1) is 7.18. The lowest BCUT2D eigenvalue weighted by Gasteiger charge is -2.35. The van der Waals surface area contributed by atoms with Crippen molar-refractivity contribution in [2.75, 3.05) is 24.5 Å². The van der Waals surface area contributed by atoms with Gasteiger partial charge in [-0.3, -0.25) is 0 Å². The molecular weight excluding hydrogens is 233 g/mol. The summed E-state index contributed by atoms with van der Waals surface area (Å²) in [5.74, 6) is 0.829. The van der Waals surface area contributed by atoms with Gasteiger partial charge in [0, 0.05) is 31.9 Å². The molecular formula is C10H13Cl2N3. The van der Waals surface area contributed by atoms with Crippen molar-refractivity contribution in [3.8, 4) is 0 Å². The van der Waals surface area contributed by atoms with E-state index in [0.717, 1.165) is 25.5 Å². The number of halogens is 2. The summed E-state index contributed by atoms with van der Waals surface area (Å²) in [4.78, 5) is 6.49. The van der Waals surface area contributed by atoms with Crippen LogP contribution in [0.25, 0.3) is 0 Å². The highest BCUT2D eigenvalue weighted by atomic mass is 35.5. The van der Waals surface area contributed by atoms with Crippen LogP contribution in [0.15, 0.2) is 12.3 Å². The zero-order valence-electron chi connectivity index (χ0n) is 8.50. The molecule has 0 spiro atoms. The van der Waals surface area contributed by atoms with Crippen LogP contribution in [0.5, 0.6) is 0 Å². The molecule has 2 rings (SSSR count). The Morgan fingerprint density at radius 1 is 1.53 bits per heavy atom. The summed E-state index contributed by atoms with van der Waals surface area (Å²) in [6, 6.07) is 2.14. The van der Waals surface area contributed by atoms with Crippen molar-refractivity contribution < 1.29 is 0 Å². The van der Waals surface area contributed by atoms with E-state index >= 15 is 0 Å². The summed E-state index contributed by atoms with van der Waals surface area (Å²) >= 11 is 11.9. The molecule has 0 aromatic carbocycles. The fraction of sp³-hybridized carbons (Fsp3) is 0.500. The van der Waals surface area contributed by atoms with Crippen LogP contribution in [0.3, 0.4) is 0 Å². The smallest absolute Gasteiger partial charge is 0.147 e. The Labute approximate surface area is 99.4 Å². The van der Waals surface area contributed by atoms with Crippen molar-refractivity contribution in [1.82, 2.24) is 10.3 Å². The number of aromatic nitrogens is 1. The fourth-order valence-corrected chi connectivity index (χ4v) is 2.26. The minimum Gasteiger partial charge on any atom is -0.350 e. The molecule has 0 saturated carbocycles. The fourth-order valence-electron chi connectivity index (χ4n) is 1.77. The highest BCUT2D eigenvalue weighted by Crippen LogP contribution is 2.27. The first-order valence-electron chi connectivity index (χ1n) is 4.97. The molecule has 82 valence electrons. The summed E-state index contributed by atoms with van der Waals surface area (Å²) in [7, 11) is 0. The normalized spacial score (nSPS) is 21.8. The van der Waals surface area contributed by atoms with Crippen LogP contribution in [0.2, 0.25) is 10.0 Å². The van der Waals surface area contributed by atoms with E-state index < -0.39 is 0 Å². The molecule has 1 unspecified atom stereocenters. The van der Waals surface area contributed by atoms with Gasteiger partial charge in [0.2, 0.25) is 0 Å². The molecule has 3 nitrogen and oxygen atoms in total. The van der Waals surface area contributed by atoms with Gasteiger partial charge in [-0.1, -0.05) is 23.2 Å². The van der Waals surface area contributed by atoms with Gasteiger partial charge in [0.15, 0.2) is 0 Å². The van der Waals surface area contributed by atoms with Crippen LogP contribution in [0, 0.1) is 0 Å². The zero-order chi connectivity index (χ0) is 10.8. The topological polar surface area (TPSA) is 28.2 Å². The predicted molar refractivity (Wildman–Crippen MR) is 63.9 cm³/mol. The lowest BCUT2D eigenvalue weighted by atomic mass is 10.2. The van der Waals surface area contributed by atoms with Gasteiger partial charge in [0.05, 0.1) is 10.0 Å². The van der Waals surface area contributed by atoms with E-state index in [4.69, 9.17) is 23.2 Å². The maximum absolute atomic E-state index is 6.12. The van der Waals surface area contributed by atoms with Crippen LogP contribution in [0.1, 0.15) is 6.92 Å². The Morgan fingerprint density at radius 3 is 3.00 bits per heavy atom. The predicted octanol–water partition coefficient (Wildman–Crippen LogP) is 2.19. The molecule has 0 aliphatic carbocycles. The molecule has 1 saturated heterocycles. The van der Waals surface area contributed by atoms with E-state index in [1.165, 1.54) is 0 Å². The van der Waals surface area contributed by atoms with Crippen molar-refractivity contribution in [1.29, 1.82) is 0 Å². The van der Waals surface area contributed by atoms with Gasteiger partial charge in [0.25, 0.3) is 0 Å². The third-order valence-corrected chi connectivity index (χ3v) is 3.05. The molecule has 0 radical (unpaired) electrons. The monoisotopic (exact) mass is 245 g/mol. The highest BCUT2D eigenvalue weighted by molar-refractivity contribution is 6.36. The van der Waals surface area contributed by atoms with E-state index in [1.54, 1.807) is 12.3 Å². The average molecular weight is 246 g/mol. The number of rotatable bonds is 1. The Morgan fingerprint density at radius 2 is 2.33 bits per heavy atom. The van der Waals surface area contributed by atoms with Crippen LogP contribution < -0.4 is 10.2 Å². The summed E-state index contributed by atoms with van der Waals surface area (Å²) in [6.45, 7) is 5.00. The minimum atomic E-state index is 0.407. The molecule has 1 aromatic heterocycles. The van der Waals surface area contributed by atoms with Crippen molar-refractivity contribution in [2.45, 2.75) is 13.0 Å². The van der Waals surface area contributed by atoms with Crippen molar-refractivity contribution in [2.24, 2.45) is 0 Å². The summed E-state index contributed by atoms with van der Waals surface area (Å²) in [5.41, 5.74) is 0. The first kappa shape index (κ1) is 11.0. The molecule has 2 heterocycles. The quantitative estimate of drug-likeness (QED) is 0.823. The molecule has 15 heavy (non-hydrogen) atoms. The minimum absolute atomic E-state index is 0.407. The number of nitrogens with one attached hydrogen (secondary N) is 1. The Kier molecular flexibility index (Phi) is 3.34. The van der Waals surface area contributed by atoms with Gasteiger partial charge in [-0.15, -0.1) is 0 Å². The second kappa shape index (κ2) is 4.56. The first-order valence-corrected chi connectivity index (χ1v) is 5.72. The van der Waals surface area contributed by atoms with Crippen LogP contribution >= 0.6 is 23.2 Å². The second-order valence-corrected chi connectivity index (χ2v) is 4.55. The molecule has 5 heteroatoms. The molecule has 1 aromatic rings. The van der Waals surface area contributed by atoms with Crippen LogP contribution in [-0.2, 0) is 0 Å². The van der Waals surface area contributed by atoms with Gasteiger partial charge < -0.3 is 10.2 Å². The third kappa shape index (κ3) is 2.36. The number of piperazine rings is 1. The van der Waals surface area contributed by atoms with Gasteiger partial charge in [-0.05, 0) is 13.0 Å². The number of anilines is 1. The highest BCUT2D eigenvalue weighted by Gasteiger charge is 2.21. The molecule has 1 aliphatic heterocycles. The summed E-state index contributed by atoms with van der Waals surface area (Å²) < 4.78 is 0. The molecule has 1 fully saturated rings. The van der Waals surface area contributed by atoms with Crippen molar-refractivity contribution in [3.05, 3.63) is 22.3 Å². The van der Waals surface area contributed by atoms with Gasteiger partial charge in [-0.2, -0.15) is 0 Å². The summed E-state index contributed by atoms with van der Waals surface area (Å²) in [6.07, 6.45) is 1.64. The molecule has 1 aliphatic rings. The van der Waals surface area contributed by atoms with Gasteiger partial charge >= 0.3 is 0 Å². The number of pyridine rings is 1. The number of hydrogen-bond donors (Lipinski definition) is 1. The van der Waals surface area contributed by atoms with Gasteiger partial charge in [0.1, 0.15) is 5.82 Å². The third-order valence-electron chi connectivity index (χ3n) is 2.56. The molecule has 1 N–H and O–H groups in total. The van der Waals surface area contributed by atoms with E-state index in [2.05, 4.69) is 22.1 Å². The second-order valence-electron chi connectivity index (χ2n) is 3.71. The largest absolute Gasteiger partial charge is 0.350 e. The SMILES string of the molecule is CC1CNCCN1c1ncc(Cl)cc1Cl. The molecule has 1 atom stereocenters. The maximum Gasteiger partial charge on any atom is 0.147 e. The van der Waals surface area contributed by atoms with Gasteiger partial charge in [-0.25, -0.2) is 4.98 Å². The lowest BCUT2D eigenvalue weighted by Crippen LogP contribution is -2.50. The van der Waals surface area contributed by atoms with Crippen molar-refractivity contribution in [3.63, 3.8) is 0 Å². The zero-order valence-corrected chi connectivity index (χ0v) is 10.0. The maximum atomic E-state index is 6.12. The van der Waals surface area contributed by atoms with E-state index in [9.17, 15) is 0 Å². The standard InChI is InChI=1S/C10H13Cl2N3/c1-7-5-13-2-3-15(7)10-9(12)4-8(11)6-14-10/h4,6-7,13H,2-3,5H2,1H3. The lowest BCUT2D eigenvalue weighted by molar-refractivity contribution is 0.497. The van der Waals surface area contributed by atoms with E-state index in [0.29, 0.717) is 16.1 Å². The molecule has 0 amide bonds. The average Bonchev–Trinajstić information content (AvgIpc) is 2.20. The van der Waals surface area contributed by atoms with Crippen LogP contribution in [0.4, 0.5) is 5.82 Å². The summed E-state index contributed by atoms with van der Waals surface area (Å²) in [5, 5.41) is 4.52. The Hall–Kier alpha value is -0.510. The van der Waals surface area contributed by atoms with Crippen molar-refractivity contribution >= 4 is 29.0 Å². The number of nitrogens with zero attached hydrogens (tertiary/aromatic N) is 2. The van der Waals surface area contributed by atoms with Crippen LogP contribution in [-0.4, -0.2) is 30.7 Å². The Bertz CT molecular complexity index is 357. The van der Waals surface area contributed by atoms with E-state index in [-0.39, 0.29) is 0 Å². The molecule has 0 bridgehead atoms. The van der Waals surface area contributed by atoms with E-state index in [1.807, 2.05) is 0 Å².